The quantitative estimate of drug-likeness (QED) is 0.0839. The number of rotatable bonds is 6. The van der Waals surface area contributed by atoms with Gasteiger partial charge in [-0.15, -0.1) is 0 Å². The molecule has 0 radical (unpaired) electrons. The smallest absolute Gasteiger partial charge is 0.161 e. The fourth-order valence-electron chi connectivity index (χ4n) is 11.1. The Bertz CT molecular complexity index is 2810. The summed E-state index contributed by atoms with van der Waals surface area (Å²) in [5.41, 5.74) is 15.9. The van der Waals surface area contributed by atoms with Crippen LogP contribution in [0.1, 0.15) is 71.6 Å². The van der Waals surface area contributed by atoms with E-state index in [9.17, 15) is 30.6 Å². The van der Waals surface area contributed by atoms with E-state index >= 15 is 0 Å². The molecule has 0 fully saturated rings. The molecule has 4 aliphatic carbocycles. The van der Waals surface area contributed by atoms with Gasteiger partial charge in [0.2, 0.25) is 0 Å². The van der Waals surface area contributed by atoms with E-state index in [1.54, 1.807) is 50.6 Å². The molecule has 71 heavy (non-hydrogen) atoms. The van der Waals surface area contributed by atoms with Crippen molar-refractivity contribution in [2.45, 2.75) is 49.4 Å². The highest BCUT2D eigenvalue weighted by atomic mass is 16.5. The first-order valence-corrected chi connectivity index (χ1v) is 24.6. The van der Waals surface area contributed by atoms with E-state index in [2.05, 4.69) is 88.6 Å². The van der Waals surface area contributed by atoms with Gasteiger partial charge in [0, 0.05) is 76.0 Å². The molecule has 4 heterocycles. The number of likely N-dealkylation sites (N-methyl/N-ethyl adjacent to an activating group) is 1. The van der Waals surface area contributed by atoms with Gasteiger partial charge >= 0.3 is 0 Å². The number of phenolic OH excluding ortho intramolecular Hbond substituents is 6. The minimum Gasteiger partial charge on any atom is -0.504 e. The van der Waals surface area contributed by atoms with Crippen LogP contribution in [0.4, 0.5) is 0 Å². The van der Waals surface area contributed by atoms with Gasteiger partial charge in [-0.3, -0.25) is 0 Å². The van der Waals surface area contributed by atoms with E-state index in [-0.39, 0.29) is 46.3 Å². The Morgan fingerprint density at radius 2 is 0.775 bits per heavy atom. The van der Waals surface area contributed by atoms with Crippen molar-refractivity contribution in [3.8, 4) is 46.0 Å². The van der Waals surface area contributed by atoms with Crippen LogP contribution in [0, 0.1) is 0 Å². The van der Waals surface area contributed by atoms with Crippen LogP contribution in [0.3, 0.4) is 0 Å². The van der Waals surface area contributed by atoms with Crippen molar-refractivity contribution in [2.24, 2.45) is 0 Å². The summed E-state index contributed by atoms with van der Waals surface area (Å²) in [6.07, 6.45) is 21.9. The molecule has 12 nitrogen and oxygen atoms in total. The Morgan fingerprint density at radius 3 is 1.17 bits per heavy atom. The summed E-state index contributed by atoms with van der Waals surface area (Å²) in [5.74, 6) is 2.56. The lowest BCUT2D eigenvalue weighted by atomic mass is 9.86. The first-order valence-electron chi connectivity index (χ1n) is 24.6. The van der Waals surface area contributed by atoms with E-state index in [4.69, 9.17) is 9.47 Å². The second-order valence-corrected chi connectivity index (χ2v) is 19.3. The fraction of sp³-hybridized carbons (Fsp3) is 0.322. The van der Waals surface area contributed by atoms with Gasteiger partial charge in [-0.2, -0.15) is 0 Å². The van der Waals surface area contributed by atoms with Gasteiger partial charge in [0.15, 0.2) is 46.0 Å². The molecule has 0 bridgehead atoms. The first kappa shape index (κ1) is 49.0. The van der Waals surface area contributed by atoms with Crippen LogP contribution in [-0.4, -0.2) is 109 Å². The summed E-state index contributed by atoms with van der Waals surface area (Å²) in [7, 11) is 5.47. The van der Waals surface area contributed by atoms with Gasteiger partial charge in [0.25, 0.3) is 0 Å². The lowest BCUT2D eigenvalue weighted by Gasteiger charge is -2.32. The van der Waals surface area contributed by atoms with Gasteiger partial charge in [0.1, 0.15) is 0 Å². The predicted molar refractivity (Wildman–Crippen MR) is 279 cm³/mol. The lowest BCUT2D eigenvalue weighted by molar-refractivity contribution is 0.328. The summed E-state index contributed by atoms with van der Waals surface area (Å²) in [6, 6.07) is 21.5. The topological polar surface area (TPSA) is 179 Å². The van der Waals surface area contributed by atoms with Gasteiger partial charge in [-0.05, 0) is 148 Å². The van der Waals surface area contributed by atoms with Crippen molar-refractivity contribution in [1.29, 1.82) is 0 Å². The third-order valence-electron chi connectivity index (χ3n) is 14.8. The maximum Gasteiger partial charge on any atom is 0.161 e. The van der Waals surface area contributed by atoms with E-state index in [1.165, 1.54) is 50.1 Å². The lowest BCUT2D eigenvalue weighted by Crippen LogP contribution is -2.32. The number of methoxy groups -OCH3 is 2. The monoisotopic (exact) mass is 958 g/mol. The molecule has 12 heteroatoms. The zero-order valence-corrected chi connectivity index (χ0v) is 40.8. The van der Waals surface area contributed by atoms with Crippen LogP contribution in [0.25, 0.3) is 0 Å². The summed E-state index contributed by atoms with van der Waals surface area (Å²) in [5, 5.41) is 67.1. The van der Waals surface area contributed by atoms with Gasteiger partial charge in [0.05, 0.1) is 14.2 Å². The summed E-state index contributed by atoms with van der Waals surface area (Å²) in [6.45, 7) is 7.67. The minimum atomic E-state index is -0.0614. The molecule has 0 spiro atoms. The number of allylic oxidation sites excluding steroid dienone is 8. The second kappa shape index (κ2) is 22.0. The molecule has 370 valence electrons. The molecule has 9 N–H and O–H groups in total. The van der Waals surface area contributed by atoms with E-state index in [1.807, 2.05) is 24.3 Å². The van der Waals surface area contributed by atoms with Crippen LogP contribution in [0.5, 0.6) is 46.0 Å². The molecule has 0 saturated carbocycles. The average molecular weight is 959 g/mol. The van der Waals surface area contributed by atoms with E-state index in [0.29, 0.717) is 11.8 Å². The highest BCUT2D eigenvalue weighted by Crippen LogP contribution is 2.42. The van der Waals surface area contributed by atoms with Crippen molar-refractivity contribution in [1.82, 2.24) is 20.9 Å². The van der Waals surface area contributed by atoms with E-state index in [0.717, 1.165) is 106 Å². The number of aromatic hydroxyl groups is 6. The number of hydrogen-bond acceptors (Lipinski definition) is 12. The van der Waals surface area contributed by atoms with Gasteiger partial charge in [-0.25, -0.2) is 0 Å². The predicted octanol–water partition coefficient (Wildman–Crippen LogP) is 9.11. The Balaban J connectivity index is 0.000000117. The highest BCUT2D eigenvalue weighted by molar-refractivity contribution is 5.54. The van der Waals surface area contributed by atoms with Crippen LogP contribution in [-0.2, 0) is 0 Å². The number of phenols is 6. The Hall–Kier alpha value is -6.96. The molecule has 4 aliphatic heterocycles. The number of ether oxygens (including phenoxy) is 2. The number of hydrogen-bond donors (Lipinski definition) is 9. The first-order chi connectivity index (χ1) is 34.5. The zero-order valence-electron chi connectivity index (χ0n) is 40.8. The van der Waals surface area contributed by atoms with Crippen molar-refractivity contribution < 1.29 is 40.1 Å². The summed E-state index contributed by atoms with van der Waals surface area (Å²) >= 11 is 0. The largest absolute Gasteiger partial charge is 0.504 e. The Kier molecular flexibility index (Phi) is 15.2. The third-order valence-corrected chi connectivity index (χ3v) is 14.8. The molecule has 8 aliphatic rings. The van der Waals surface area contributed by atoms with Crippen LogP contribution >= 0.6 is 0 Å². The van der Waals surface area contributed by atoms with Gasteiger partial charge < -0.3 is 61.0 Å². The Labute approximate surface area is 416 Å². The molecule has 12 rings (SSSR count). The van der Waals surface area contributed by atoms with E-state index < -0.39 is 0 Å². The average Bonchev–Trinajstić information content (AvgIpc) is 4.25. The second-order valence-electron chi connectivity index (χ2n) is 19.3. The van der Waals surface area contributed by atoms with Crippen molar-refractivity contribution in [3.05, 3.63) is 188 Å². The summed E-state index contributed by atoms with van der Waals surface area (Å²) < 4.78 is 10.7. The molecule has 4 aromatic carbocycles. The Morgan fingerprint density at radius 1 is 0.423 bits per heavy atom. The molecule has 0 amide bonds. The third kappa shape index (κ3) is 10.9. The maximum atomic E-state index is 9.64. The molecule has 0 saturated heterocycles. The molecule has 2 unspecified atom stereocenters. The van der Waals surface area contributed by atoms with Gasteiger partial charge in [-0.1, -0.05) is 72.9 Å². The molecule has 0 aromatic heterocycles. The standard InChI is InChI=1S/C16H19NO2.C15H17NO2.2C14H15NO2/c1-18-15-7-6-11(8-16(15)19-2)14-10-17-9-12-4-3-5-13(12)14;1-16-8-11-3-2-4-12(11)13(9-16)10-5-6-14(17)15(18)7-10;2*16-13-5-4-9(6-14(13)17)12-8-15-7-10-2-1-3-11(10)12/h3,5-8,14,17H,4,9-10H2,1-2H3;2,4-7,13,17-18H,3,8-9H2,1H3;2*1,3-6,12,15-17H,2,7-8H2/t;;2*12-/m..10/s1. The fourth-order valence-corrected chi connectivity index (χ4v) is 11.1. The molecular formula is C59H66N4O8. The van der Waals surface area contributed by atoms with Crippen LogP contribution < -0.4 is 25.4 Å². The normalized spacial score (nSPS) is 22.7. The van der Waals surface area contributed by atoms with Crippen molar-refractivity contribution in [2.75, 3.05) is 73.6 Å². The molecular weight excluding hydrogens is 893 g/mol. The summed E-state index contributed by atoms with van der Waals surface area (Å²) in [4.78, 5) is 2.31. The minimum absolute atomic E-state index is 0.0372. The van der Waals surface area contributed by atoms with Crippen molar-refractivity contribution in [3.63, 3.8) is 0 Å². The van der Waals surface area contributed by atoms with Crippen molar-refractivity contribution >= 4 is 0 Å². The number of benzene rings is 4. The zero-order chi connectivity index (χ0) is 49.6. The number of nitrogens with one attached hydrogen (secondary N) is 3. The highest BCUT2D eigenvalue weighted by Gasteiger charge is 2.30. The number of nitrogens with zero attached hydrogens (tertiary/aromatic N) is 1. The van der Waals surface area contributed by atoms with Crippen LogP contribution in [0.2, 0.25) is 0 Å². The molecule has 4 aromatic rings. The molecule has 4 atom stereocenters. The maximum absolute atomic E-state index is 9.64. The van der Waals surface area contributed by atoms with Crippen LogP contribution in [0.15, 0.2) is 166 Å². The SMILES string of the molecule is CN1CC2=C(C=CC2)C(c2ccc(O)c(O)c2)C1.COc1ccc(C2CNCC3=C2C=CC3)cc1OC.Oc1ccc([C@@H]2CNCC3=C2C=CC3)cc1O.Oc1ccc([C@H]2CNCC3=C2C=CC3)cc1O.